The van der Waals surface area contributed by atoms with E-state index in [4.69, 9.17) is 0 Å². The van der Waals surface area contributed by atoms with Crippen molar-refractivity contribution in [3.8, 4) is 0 Å². The van der Waals surface area contributed by atoms with E-state index in [1.165, 1.54) is 14.2 Å². The Morgan fingerprint density at radius 3 is 2.33 bits per heavy atom. The van der Waals surface area contributed by atoms with Gasteiger partial charge in [0.2, 0.25) is 5.91 Å². The molecule has 2 unspecified atom stereocenters. The molecule has 0 spiro atoms. The van der Waals surface area contributed by atoms with Crippen molar-refractivity contribution in [2.75, 3.05) is 20.8 Å². The molecule has 15 heavy (non-hydrogen) atoms. The van der Waals surface area contributed by atoms with E-state index >= 15 is 0 Å². The second kappa shape index (κ2) is 7.23. The van der Waals surface area contributed by atoms with Crippen LogP contribution in [-0.2, 0) is 19.1 Å². The normalized spacial score (nSPS) is 14.1. The molecule has 0 saturated heterocycles. The molecule has 0 aromatic carbocycles. The van der Waals surface area contributed by atoms with Gasteiger partial charge in [0, 0.05) is 7.11 Å². The highest BCUT2D eigenvalue weighted by Gasteiger charge is 2.26. The Bertz CT molecular complexity index is 217. The lowest BCUT2D eigenvalue weighted by atomic mass is 9.99. The van der Waals surface area contributed by atoms with Gasteiger partial charge in [-0.2, -0.15) is 0 Å². The first kappa shape index (κ1) is 13.9. The number of hydrogen-bond donors (Lipinski definition) is 1. The van der Waals surface area contributed by atoms with E-state index in [1.807, 2.05) is 13.8 Å². The molecular formula is C10H19NO4. The van der Waals surface area contributed by atoms with Gasteiger partial charge in [0.15, 0.2) is 0 Å². The van der Waals surface area contributed by atoms with Crippen molar-refractivity contribution in [1.82, 2.24) is 5.32 Å². The van der Waals surface area contributed by atoms with E-state index in [0.29, 0.717) is 0 Å². The maximum atomic E-state index is 11.4. The minimum absolute atomic E-state index is 0.0401. The van der Waals surface area contributed by atoms with E-state index < -0.39 is 12.0 Å². The summed E-state index contributed by atoms with van der Waals surface area (Å²) in [7, 11) is 2.73. The van der Waals surface area contributed by atoms with Gasteiger partial charge in [0.05, 0.1) is 7.11 Å². The molecule has 88 valence electrons. The molecule has 0 aliphatic heterocycles. The fourth-order valence-corrected chi connectivity index (χ4v) is 1.14. The number of methoxy groups -OCH3 is 2. The predicted octanol–water partition coefficient (Wildman–Crippen LogP) is 0.337. The number of carbonyl (C=O) groups is 2. The SMILES string of the molecule is CCC(C)C(NC(=O)COC)C(=O)OC. The molecule has 5 heteroatoms. The van der Waals surface area contributed by atoms with E-state index in [-0.39, 0.29) is 18.4 Å². The van der Waals surface area contributed by atoms with Crippen LogP contribution < -0.4 is 5.32 Å². The van der Waals surface area contributed by atoms with Crippen LogP contribution in [0, 0.1) is 5.92 Å². The second-order valence-electron chi connectivity index (χ2n) is 3.39. The topological polar surface area (TPSA) is 64.6 Å². The smallest absolute Gasteiger partial charge is 0.328 e. The zero-order valence-corrected chi connectivity index (χ0v) is 9.70. The average Bonchev–Trinajstić information content (AvgIpc) is 2.24. The third-order valence-electron chi connectivity index (χ3n) is 2.26. The van der Waals surface area contributed by atoms with Crippen LogP contribution in [0.4, 0.5) is 0 Å². The lowest BCUT2D eigenvalue weighted by molar-refractivity contribution is -0.147. The summed E-state index contributed by atoms with van der Waals surface area (Å²) in [5.74, 6) is -0.694. The highest BCUT2D eigenvalue weighted by atomic mass is 16.5. The molecule has 2 atom stereocenters. The Morgan fingerprint density at radius 2 is 1.93 bits per heavy atom. The van der Waals surface area contributed by atoms with Gasteiger partial charge < -0.3 is 14.8 Å². The maximum absolute atomic E-state index is 11.4. The Hall–Kier alpha value is -1.10. The number of esters is 1. The molecule has 0 aliphatic rings. The van der Waals surface area contributed by atoms with Crippen LogP contribution in [0.25, 0.3) is 0 Å². The monoisotopic (exact) mass is 217 g/mol. The van der Waals surface area contributed by atoms with Gasteiger partial charge >= 0.3 is 5.97 Å². The molecule has 0 aliphatic carbocycles. The summed E-state index contributed by atoms with van der Waals surface area (Å²) in [5.41, 5.74) is 0. The number of carbonyl (C=O) groups excluding carboxylic acids is 2. The van der Waals surface area contributed by atoms with Crippen molar-refractivity contribution in [3.63, 3.8) is 0 Å². The summed E-state index contributed by atoms with van der Waals surface area (Å²) in [4.78, 5) is 22.6. The molecule has 1 amide bonds. The van der Waals surface area contributed by atoms with Gasteiger partial charge in [-0.1, -0.05) is 20.3 Å². The minimum atomic E-state index is -0.595. The summed E-state index contributed by atoms with van der Waals surface area (Å²) in [6.07, 6.45) is 0.785. The number of amides is 1. The van der Waals surface area contributed by atoms with Crippen molar-refractivity contribution in [2.45, 2.75) is 26.3 Å². The van der Waals surface area contributed by atoms with Crippen LogP contribution in [-0.4, -0.2) is 38.7 Å². The molecule has 0 aromatic heterocycles. The fourth-order valence-electron chi connectivity index (χ4n) is 1.14. The van der Waals surface area contributed by atoms with Crippen molar-refractivity contribution in [1.29, 1.82) is 0 Å². The molecule has 0 bridgehead atoms. The summed E-state index contributed by atoms with van der Waals surface area (Å²) < 4.78 is 9.29. The average molecular weight is 217 g/mol. The molecule has 0 rings (SSSR count). The molecule has 5 nitrogen and oxygen atoms in total. The van der Waals surface area contributed by atoms with Gasteiger partial charge in [-0.15, -0.1) is 0 Å². The van der Waals surface area contributed by atoms with E-state index in [2.05, 4.69) is 14.8 Å². The number of ether oxygens (including phenoxy) is 2. The van der Waals surface area contributed by atoms with Gasteiger partial charge in [-0.25, -0.2) is 4.79 Å². The lowest BCUT2D eigenvalue weighted by Gasteiger charge is -2.21. The molecular weight excluding hydrogens is 198 g/mol. The van der Waals surface area contributed by atoms with Crippen LogP contribution in [0.15, 0.2) is 0 Å². The van der Waals surface area contributed by atoms with Gasteiger partial charge in [0.1, 0.15) is 12.6 Å². The highest BCUT2D eigenvalue weighted by molar-refractivity contribution is 5.85. The Kier molecular flexibility index (Phi) is 6.70. The zero-order valence-electron chi connectivity index (χ0n) is 9.70. The van der Waals surface area contributed by atoms with Crippen molar-refractivity contribution >= 4 is 11.9 Å². The maximum Gasteiger partial charge on any atom is 0.328 e. The minimum Gasteiger partial charge on any atom is -0.467 e. The fraction of sp³-hybridized carbons (Fsp3) is 0.800. The quantitative estimate of drug-likeness (QED) is 0.651. The van der Waals surface area contributed by atoms with Crippen molar-refractivity contribution < 1.29 is 19.1 Å². The van der Waals surface area contributed by atoms with Crippen LogP contribution >= 0.6 is 0 Å². The summed E-state index contributed by atoms with van der Waals surface area (Å²) in [5, 5.41) is 2.58. The third kappa shape index (κ3) is 4.78. The summed E-state index contributed by atoms with van der Waals surface area (Å²) >= 11 is 0. The van der Waals surface area contributed by atoms with E-state index in [9.17, 15) is 9.59 Å². The molecule has 0 fully saturated rings. The first-order chi connectivity index (χ1) is 7.06. The van der Waals surface area contributed by atoms with Crippen LogP contribution in [0.1, 0.15) is 20.3 Å². The van der Waals surface area contributed by atoms with Gasteiger partial charge in [-0.3, -0.25) is 4.79 Å². The zero-order chi connectivity index (χ0) is 11.8. The molecule has 0 aromatic rings. The van der Waals surface area contributed by atoms with Crippen molar-refractivity contribution in [2.24, 2.45) is 5.92 Å². The van der Waals surface area contributed by atoms with Gasteiger partial charge in [-0.05, 0) is 5.92 Å². The van der Waals surface area contributed by atoms with Crippen LogP contribution in [0.3, 0.4) is 0 Å². The summed E-state index contributed by atoms with van der Waals surface area (Å²) in [6.45, 7) is 3.78. The van der Waals surface area contributed by atoms with E-state index in [0.717, 1.165) is 6.42 Å². The largest absolute Gasteiger partial charge is 0.467 e. The first-order valence-corrected chi connectivity index (χ1v) is 4.92. The van der Waals surface area contributed by atoms with Crippen LogP contribution in [0.5, 0.6) is 0 Å². The first-order valence-electron chi connectivity index (χ1n) is 4.92. The van der Waals surface area contributed by atoms with Crippen molar-refractivity contribution in [3.05, 3.63) is 0 Å². The van der Waals surface area contributed by atoms with E-state index in [1.54, 1.807) is 0 Å². The Labute approximate surface area is 90.1 Å². The summed E-state index contributed by atoms with van der Waals surface area (Å²) in [6, 6.07) is -0.595. The molecule has 1 N–H and O–H groups in total. The number of rotatable bonds is 6. The molecule has 0 heterocycles. The van der Waals surface area contributed by atoms with Crippen LogP contribution in [0.2, 0.25) is 0 Å². The highest BCUT2D eigenvalue weighted by Crippen LogP contribution is 2.08. The lowest BCUT2D eigenvalue weighted by Crippen LogP contribution is -2.46. The second-order valence-corrected chi connectivity index (χ2v) is 3.39. The molecule has 0 radical (unpaired) electrons. The molecule has 0 saturated carbocycles. The number of hydrogen-bond acceptors (Lipinski definition) is 4. The standard InChI is InChI=1S/C10H19NO4/c1-5-7(2)9(10(13)15-4)11-8(12)6-14-3/h7,9H,5-6H2,1-4H3,(H,11,12). The predicted molar refractivity (Wildman–Crippen MR) is 55.3 cm³/mol. The Balaban J connectivity index is 4.37. The van der Waals surface area contributed by atoms with Gasteiger partial charge in [0.25, 0.3) is 0 Å². The Morgan fingerprint density at radius 1 is 1.33 bits per heavy atom. The third-order valence-corrected chi connectivity index (χ3v) is 2.26. The number of nitrogens with one attached hydrogen (secondary N) is 1.